The first-order chi connectivity index (χ1) is 11.3. The summed E-state index contributed by atoms with van der Waals surface area (Å²) in [5.41, 5.74) is 4.38. The number of aryl methyl sites for hydroxylation is 1. The predicted octanol–water partition coefficient (Wildman–Crippen LogP) is 4.61. The van der Waals surface area contributed by atoms with Crippen LogP contribution >= 0.6 is 11.8 Å². The number of nitrogens with one attached hydrogen (secondary N) is 1. The zero-order chi connectivity index (χ0) is 15.6. The normalized spacial score (nSPS) is 11.5. The maximum absolute atomic E-state index is 4.78. The number of benzene rings is 2. The second kappa shape index (κ2) is 6.08. The van der Waals surface area contributed by atoms with Crippen molar-refractivity contribution in [3.05, 3.63) is 54.4 Å². The average molecular weight is 322 g/mol. The molecule has 0 saturated heterocycles. The van der Waals surface area contributed by atoms with E-state index >= 15 is 0 Å². The first-order valence-electron chi connectivity index (χ1n) is 7.87. The van der Waals surface area contributed by atoms with Gasteiger partial charge in [0.2, 0.25) is 0 Å². The molecule has 2 heterocycles. The predicted molar refractivity (Wildman–Crippen MR) is 95.7 cm³/mol. The van der Waals surface area contributed by atoms with Gasteiger partial charge >= 0.3 is 0 Å². The average Bonchev–Trinajstić information content (AvgIpc) is 3.14. The Morgan fingerprint density at radius 1 is 1.00 bits per heavy atom. The number of H-pyrrole nitrogens is 1. The van der Waals surface area contributed by atoms with Gasteiger partial charge in [0.1, 0.15) is 5.82 Å². The molecule has 0 aliphatic carbocycles. The zero-order valence-electron chi connectivity index (χ0n) is 13.0. The minimum atomic E-state index is 0.793. The smallest absolute Gasteiger partial charge is 0.169 e. The lowest BCUT2D eigenvalue weighted by Gasteiger charge is -2.06. The van der Waals surface area contributed by atoms with E-state index in [1.807, 2.05) is 24.3 Å². The van der Waals surface area contributed by atoms with E-state index in [0.29, 0.717) is 0 Å². The second-order valence-corrected chi connectivity index (χ2v) is 6.47. The highest BCUT2D eigenvalue weighted by molar-refractivity contribution is 7.98. The van der Waals surface area contributed by atoms with Crippen molar-refractivity contribution in [2.24, 2.45) is 0 Å². The van der Waals surface area contributed by atoms with Crippen molar-refractivity contribution in [2.75, 3.05) is 0 Å². The maximum Gasteiger partial charge on any atom is 0.169 e. The number of hydrogen-bond acceptors (Lipinski definition) is 3. The van der Waals surface area contributed by atoms with Gasteiger partial charge in [-0.3, -0.25) is 0 Å². The largest absolute Gasteiger partial charge is 0.341 e. The highest BCUT2D eigenvalue weighted by Crippen LogP contribution is 2.27. The third-order valence-corrected chi connectivity index (χ3v) is 4.83. The van der Waals surface area contributed by atoms with Crippen molar-refractivity contribution in [1.29, 1.82) is 0 Å². The van der Waals surface area contributed by atoms with E-state index < -0.39 is 0 Å². The van der Waals surface area contributed by atoms with Gasteiger partial charge in [-0.1, -0.05) is 43.0 Å². The molecule has 0 bridgehead atoms. The molecule has 5 heteroatoms. The lowest BCUT2D eigenvalue weighted by molar-refractivity contribution is 0.638. The van der Waals surface area contributed by atoms with E-state index in [9.17, 15) is 0 Å². The summed E-state index contributed by atoms with van der Waals surface area (Å²) < 4.78 is 2.31. The molecule has 0 atom stereocenters. The number of rotatable bonds is 5. The highest BCUT2D eigenvalue weighted by atomic mass is 32.2. The molecule has 4 aromatic rings. The summed E-state index contributed by atoms with van der Waals surface area (Å²) in [5, 5.41) is 1.06. The van der Waals surface area contributed by atoms with Gasteiger partial charge in [-0.05, 0) is 30.7 Å². The molecule has 0 amide bonds. The zero-order valence-corrected chi connectivity index (χ0v) is 13.8. The first kappa shape index (κ1) is 14.3. The van der Waals surface area contributed by atoms with Crippen LogP contribution in [-0.2, 0) is 12.3 Å². The molecule has 2 aromatic carbocycles. The lowest BCUT2D eigenvalue weighted by atomic mass is 10.3. The fourth-order valence-corrected chi connectivity index (χ4v) is 3.72. The summed E-state index contributed by atoms with van der Waals surface area (Å²) in [4.78, 5) is 12.8. The van der Waals surface area contributed by atoms with Gasteiger partial charge in [-0.2, -0.15) is 0 Å². The van der Waals surface area contributed by atoms with Crippen LogP contribution in [0.1, 0.15) is 19.2 Å². The number of thioether (sulfide) groups is 1. The lowest BCUT2D eigenvalue weighted by Crippen LogP contribution is -1.99. The standard InChI is InChI=1S/C18H18N4S/c1-2-11-22-16-10-6-5-9-15(16)21-18(22)23-12-17-19-13-7-3-4-8-14(13)20-17/h3-10H,2,11-12H2,1H3,(H,19,20). The van der Waals surface area contributed by atoms with E-state index in [1.165, 1.54) is 5.52 Å². The Kier molecular flexibility index (Phi) is 3.79. The third kappa shape index (κ3) is 2.72. The quantitative estimate of drug-likeness (QED) is 0.546. The van der Waals surface area contributed by atoms with Crippen molar-refractivity contribution in [3.8, 4) is 0 Å². The summed E-state index contributed by atoms with van der Waals surface area (Å²) in [5.74, 6) is 1.79. The van der Waals surface area contributed by atoms with Crippen LogP contribution in [0.2, 0.25) is 0 Å². The Hall–Kier alpha value is -2.27. The third-order valence-electron chi connectivity index (χ3n) is 3.84. The van der Waals surface area contributed by atoms with Crippen molar-refractivity contribution < 1.29 is 0 Å². The molecular weight excluding hydrogens is 304 g/mol. The molecule has 4 rings (SSSR count). The van der Waals surface area contributed by atoms with E-state index in [4.69, 9.17) is 4.98 Å². The Morgan fingerprint density at radius 3 is 2.61 bits per heavy atom. The molecule has 2 aromatic heterocycles. The van der Waals surface area contributed by atoms with E-state index in [-0.39, 0.29) is 0 Å². The summed E-state index contributed by atoms with van der Waals surface area (Å²) in [6.07, 6.45) is 1.10. The summed E-state index contributed by atoms with van der Waals surface area (Å²) in [6, 6.07) is 16.5. The van der Waals surface area contributed by atoms with Crippen LogP contribution in [0.5, 0.6) is 0 Å². The van der Waals surface area contributed by atoms with E-state index in [2.05, 4.69) is 45.7 Å². The number of hydrogen-bond donors (Lipinski definition) is 1. The fourth-order valence-electron chi connectivity index (χ4n) is 2.81. The molecule has 0 fully saturated rings. The Labute approximate surface area is 139 Å². The summed E-state index contributed by atoms with van der Waals surface area (Å²) in [7, 11) is 0. The monoisotopic (exact) mass is 322 g/mol. The number of aromatic amines is 1. The van der Waals surface area contributed by atoms with E-state index in [0.717, 1.165) is 46.2 Å². The van der Waals surface area contributed by atoms with Crippen LogP contribution in [0.4, 0.5) is 0 Å². The van der Waals surface area contributed by atoms with Crippen molar-refractivity contribution >= 4 is 33.8 Å². The molecule has 23 heavy (non-hydrogen) atoms. The maximum atomic E-state index is 4.78. The SMILES string of the molecule is CCCn1c(SCc2nc3ccccc3[nH]2)nc2ccccc21. The topological polar surface area (TPSA) is 46.5 Å². The minimum absolute atomic E-state index is 0.793. The number of aromatic nitrogens is 4. The number of nitrogens with zero attached hydrogens (tertiary/aromatic N) is 3. The van der Waals surface area contributed by atoms with Crippen LogP contribution in [-0.4, -0.2) is 19.5 Å². The van der Waals surface area contributed by atoms with Crippen LogP contribution < -0.4 is 0 Å². The number of fused-ring (bicyclic) bond motifs is 2. The highest BCUT2D eigenvalue weighted by Gasteiger charge is 2.11. The molecule has 0 aliphatic heterocycles. The van der Waals surface area contributed by atoms with Crippen LogP contribution in [0.25, 0.3) is 22.1 Å². The van der Waals surface area contributed by atoms with E-state index in [1.54, 1.807) is 11.8 Å². The van der Waals surface area contributed by atoms with Crippen molar-refractivity contribution in [1.82, 2.24) is 19.5 Å². The number of imidazole rings is 2. The molecule has 4 nitrogen and oxygen atoms in total. The molecule has 0 spiro atoms. The molecule has 1 N–H and O–H groups in total. The first-order valence-corrected chi connectivity index (χ1v) is 8.85. The van der Waals surface area contributed by atoms with Crippen molar-refractivity contribution in [2.45, 2.75) is 30.8 Å². The van der Waals surface area contributed by atoms with Gasteiger partial charge in [0.05, 0.1) is 27.8 Å². The van der Waals surface area contributed by atoms with Crippen LogP contribution in [0.15, 0.2) is 53.7 Å². The van der Waals surface area contributed by atoms with Gasteiger partial charge in [0.25, 0.3) is 0 Å². The molecular formula is C18H18N4S. The molecule has 116 valence electrons. The summed E-state index contributed by atoms with van der Waals surface area (Å²) in [6.45, 7) is 3.19. The molecule has 0 radical (unpaired) electrons. The van der Waals surface area contributed by atoms with Crippen LogP contribution in [0.3, 0.4) is 0 Å². The van der Waals surface area contributed by atoms with Gasteiger partial charge in [-0.25, -0.2) is 9.97 Å². The van der Waals surface area contributed by atoms with Gasteiger partial charge in [-0.15, -0.1) is 0 Å². The minimum Gasteiger partial charge on any atom is -0.341 e. The fraction of sp³-hybridized carbons (Fsp3) is 0.222. The Balaban J connectivity index is 1.63. The van der Waals surface area contributed by atoms with Crippen LogP contribution in [0, 0.1) is 0 Å². The van der Waals surface area contributed by atoms with Gasteiger partial charge in [0.15, 0.2) is 5.16 Å². The Bertz CT molecular complexity index is 921. The van der Waals surface area contributed by atoms with Gasteiger partial charge < -0.3 is 9.55 Å². The second-order valence-electron chi connectivity index (χ2n) is 5.52. The molecule has 0 aliphatic rings. The molecule has 0 unspecified atom stereocenters. The molecule has 0 saturated carbocycles. The van der Waals surface area contributed by atoms with Crippen molar-refractivity contribution in [3.63, 3.8) is 0 Å². The number of para-hydroxylation sites is 4. The summed E-state index contributed by atoms with van der Waals surface area (Å²) >= 11 is 1.74. The Morgan fingerprint density at radius 2 is 1.78 bits per heavy atom. The van der Waals surface area contributed by atoms with Gasteiger partial charge in [0, 0.05) is 6.54 Å².